The van der Waals surface area contributed by atoms with Gasteiger partial charge in [0, 0.05) is 12.6 Å². The van der Waals surface area contributed by atoms with E-state index in [0.29, 0.717) is 13.0 Å². The lowest BCUT2D eigenvalue weighted by molar-refractivity contribution is -0.127. The minimum absolute atomic E-state index is 0.0279. The maximum Gasteiger partial charge on any atom is 0.260 e. The van der Waals surface area contributed by atoms with Crippen molar-refractivity contribution in [3.05, 3.63) is 29.6 Å². The third-order valence-electron chi connectivity index (χ3n) is 2.78. The van der Waals surface area contributed by atoms with Crippen molar-refractivity contribution in [3.63, 3.8) is 0 Å². The molecule has 1 aromatic carbocycles. The smallest absolute Gasteiger partial charge is 0.260 e. The molecule has 0 saturated carbocycles. The fourth-order valence-corrected chi connectivity index (χ4v) is 1.77. The number of hydrogen-bond acceptors (Lipinski definition) is 3. The lowest BCUT2D eigenvalue weighted by Crippen LogP contribution is -2.36. The van der Waals surface area contributed by atoms with E-state index >= 15 is 0 Å². The Bertz CT molecular complexity index is 449. The van der Waals surface area contributed by atoms with Gasteiger partial charge in [0.25, 0.3) is 5.91 Å². The van der Waals surface area contributed by atoms with Gasteiger partial charge in [-0.05, 0) is 44.4 Å². The van der Waals surface area contributed by atoms with Crippen LogP contribution < -0.4 is 15.8 Å². The zero-order valence-corrected chi connectivity index (χ0v) is 12.3. The van der Waals surface area contributed by atoms with Crippen LogP contribution >= 0.6 is 0 Å². The molecule has 1 rings (SSSR count). The van der Waals surface area contributed by atoms with E-state index in [1.807, 2.05) is 13.8 Å². The molecule has 0 aromatic heterocycles. The summed E-state index contributed by atoms with van der Waals surface area (Å²) in [6.45, 7) is 6.01. The number of carbonyl (C=O) groups is 1. The zero-order chi connectivity index (χ0) is 15.1. The molecule has 0 heterocycles. The summed E-state index contributed by atoms with van der Waals surface area (Å²) in [6.07, 6.45) is 0.720. The summed E-state index contributed by atoms with van der Waals surface area (Å²) >= 11 is 0. The molecule has 0 aliphatic heterocycles. The Balaban J connectivity index is 2.66. The van der Waals surface area contributed by atoms with E-state index in [9.17, 15) is 9.18 Å². The molecule has 0 radical (unpaired) electrons. The zero-order valence-electron chi connectivity index (χ0n) is 12.3. The maximum absolute atomic E-state index is 13.9. The van der Waals surface area contributed by atoms with Crippen LogP contribution in [0.5, 0.6) is 5.75 Å². The molecule has 112 valence electrons. The first-order chi connectivity index (χ1) is 9.43. The molecule has 4 nitrogen and oxygen atoms in total. The molecule has 2 atom stereocenters. The van der Waals surface area contributed by atoms with Crippen molar-refractivity contribution in [1.29, 1.82) is 0 Å². The van der Waals surface area contributed by atoms with Gasteiger partial charge in [0.2, 0.25) is 0 Å². The standard InChI is InChI=1S/C15H23FN2O2/c1-4-7-18-15(19)11(3)20-14-6-5-12(8-10(2)17)9-13(14)16/h5-6,9-11H,4,7-8,17H2,1-3H3,(H,18,19). The normalized spacial score (nSPS) is 13.7. The summed E-state index contributed by atoms with van der Waals surface area (Å²) in [4.78, 5) is 11.7. The van der Waals surface area contributed by atoms with Gasteiger partial charge in [-0.15, -0.1) is 0 Å². The minimum Gasteiger partial charge on any atom is -0.478 e. The molecule has 1 aromatic rings. The first kappa shape index (κ1) is 16.4. The summed E-state index contributed by atoms with van der Waals surface area (Å²) in [5, 5.41) is 2.71. The molecule has 2 unspecified atom stereocenters. The van der Waals surface area contributed by atoms with Crippen LogP contribution in [0.25, 0.3) is 0 Å². The highest BCUT2D eigenvalue weighted by molar-refractivity contribution is 5.80. The van der Waals surface area contributed by atoms with Gasteiger partial charge in [-0.3, -0.25) is 4.79 Å². The number of rotatable bonds is 7. The average molecular weight is 282 g/mol. The highest BCUT2D eigenvalue weighted by atomic mass is 19.1. The van der Waals surface area contributed by atoms with Crippen molar-refractivity contribution in [2.75, 3.05) is 6.54 Å². The Kier molecular flexibility index (Phi) is 6.45. The lowest BCUT2D eigenvalue weighted by atomic mass is 10.1. The molecule has 0 fully saturated rings. The van der Waals surface area contributed by atoms with Gasteiger partial charge < -0.3 is 15.8 Å². The predicted octanol–water partition coefficient (Wildman–Crippen LogP) is 2.01. The Morgan fingerprint density at radius 3 is 2.70 bits per heavy atom. The van der Waals surface area contributed by atoms with Gasteiger partial charge in [-0.1, -0.05) is 13.0 Å². The first-order valence-electron chi connectivity index (χ1n) is 6.92. The molecule has 0 aliphatic carbocycles. The second-order valence-corrected chi connectivity index (χ2v) is 5.00. The monoisotopic (exact) mass is 282 g/mol. The largest absolute Gasteiger partial charge is 0.478 e. The molecule has 5 heteroatoms. The number of carbonyl (C=O) groups excluding carboxylic acids is 1. The van der Waals surface area contributed by atoms with Crippen molar-refractivity contribution in [2.45, 2.75) is 45.8 Å². The summed E-state index contributed by atoms with van der Waals surface area (Å²) in [6, 6.07) is 4.67. The number of hydrogen-bond donors (Lipinski definition) is 2. The summed E-state index contributed by atoms with van der Waals surface area (Å²) < 4.78 is 19.2. The van der Waals surface area contributed by atoms with Crippen LogP contribution in [0.15, 0.2) is 18.2 Å². The van der Waals surface area contributed by atoms with Crippen LogP contribution in [0.2, 0.25) is 0 Å². The van der Waals surface area contributed by atoms with Crippen LogP contribution in [0.1, 0.15) is 32.8 Å². The number of ether oxygens (including phenoxy) is 1. The minimum atomic E-state index is -0.727. The van der Waals surface area contributed by atoms with Gasteiger partial charge in [-0.2, -0.15) is 0 Å². The molecule has 20 heavy (non-hydrogen) atoms. The SMILES string of the molecule is CCCNC(=O)C(C)Oc1ccc(CC(C)N)cc1F. The van der Waals surface area contributed by atoms with Gasteiger partial charge in [0.05, 0.1) is 0 Å². The molecule has 0 saturated heterocycles. The Morgan fingerprint density at radius 1 is 1.45 bits per heavy atom. The second kappa shape index (κ2) is 7.85. The van der Waals surface area contributed by atoms with E-state index in [0.717, 1.165) is 12.0 Å². The highest BCUT2D eigenvalue weighted by Crippen LogP contribution is 2.20. The summed E-state index contributed by atoms with van der Waals surface area (Å²) in [7, 11) is 0. The van der Waals surface area contributed by atoms with Crippen LogP contribution in [0.3, 0.4) is 0 Å². The van der Waals surface area contributed by atoms with E-state index in [1.54, 1.807) is 13.0 Å². The van der Waals surface area contributed by atoms with Gasteiger partial charge in [-0.25, -0.2) is 4.39 Å². The number of nitrogens with one attached hydrogen (secondary N) is 1. The molecule has 0 aliphatic rings. The van der Waals surface area contributed by atoms with Crippen molar-refractivity contribution in [2.24, 2.45) is 5.73 Å². The molecular weight excluding hydrogens is 259 g/mol. The second-order valence-electron chi connectivity index (χ2n) is 5.00. The van der Waals surface area contributed by atoms with E-state index < -0.39 is 11.9 Å². The molecule has 0 bridgehead atoms. The Morgan fingerprint density at radius 2 is 2.15 bits per heavy atom. The molecule has 3 N–H and O–H groups in total. The molecular formula is C15H23FN2O2. The van der Waals surface area contributed by atoms with Crippen molar-refractivity contribution in [1.82, 2.24) is 5.32 Å². The van der Waals surface area contributed by atoms with E-state index in [4.69, 9.17) is 10.5 Å². The lowest BCUT2D eigenvalue weighted by Gasteiger charge is -2.15. The van der Waals surface area contributed by atoms with E-state index in [2.05, 4.69) is 5.32 Å². The van der Waals surface area contributed by atoms with Crippen molar-refractivity contribution in [3.8, 4) is 5.75 Å². The van der Waals surface area contributed by atoms with Crippen LogP contribution in [-0.4, -0.2) is 24.6 Å². The fraction of sp³-hybridized carbons (Fsp3) is 0.533. The Labute approximate surface area is 119 Å². The van der Waals surface area contributed by atoms with Gasteiger partial charge in [0.15, 0.2) is 17.7 Å². The Hall–Kier alpha value is -1.62. The van der Waals surface area contributed by atoms with Gasteiger partial charge >= 0.3 is 0 Å². The average Bonchev–Trinajstić information content (AvgIpc) is 2.38. The number of benzene rings is 1. The highest BCUT2D eigenvalue weighted by Gasteiger charge is 2.16. The third-order valence-corrected chi connectivity index (χ3v) is 2.78. The van der Waals surface area contributed by atoms with E-state index in [1.165, 1.54) is 12.1 Å². The fourth-order valence-electron chi connectivity index (χ4n) is 1.77. The predicted molar refractivity (Wildman–Crippen MR) is 77.1 cm³/mol. The third kappa shape index (κ3) is 5.17. The molecule has 1 amide bonds. The van der Waals surface area contributed by atoms with Crippen LogP contribution in [-0.2, 0) is 11.2 Å². The quantitative estimate of drug-likeness (QED) is 0.804. The number of nitrogens with two attached hydrogens (primary N) is 1. The first-order valence-corrected chi connectivity index (χ1v) is 6.92. The van der Waals surface area contributed by atoms with Crippen LogP contribution in [0.4, 0.5) is 4.39 Å². The number of amides is 1. The topological polar surface area (TPSA) is 64.3 Å². The van der Waals surface area contributed by atoms with E-state index in [-0.39, 0.29) is 17.7 Å². The maximum atomic E-state index is 13.9. The number of halogens is 1. The summed E-state index contributed by atoms with van der Waals surface area (Å²) in [5.41, 5.74) is 6.49. The summed E-state index contributed by atoms with van der Waals surface area (Å²) in [5.74, 6) is -0.637. The van der Waals surface area contributed by atoms with Crippen LogP contribution in [0, 0.1) is 5.82 Å². The van der Waals surface area contributed by atoms with Crippen molar-refractivity contribution >= 4 is 5.91 Å². The van der Waals surface area contributed by atoms with Gasteiger partial charge in [0.1, 0.15) is 0 Å². The van der Waals surface area contributed by atoms with Crippen molar-refractivity contribution < 1.29 is 13.9 Å². The molecule has 0 spiro atoms.